The largest absolute Gasteiger partial charge is 0.330 e. The number of rotatable bonds is 4. The highest BCUT2D eigenvalue weighted by Crippen LogP contribution is 2.21. The summed E-state index contributed by atoms with van der Waals surface area (Å²) in [6.45, 7) is 0.476. The molecule has 0 aliphatic rings. The van der Waals surface area contributed by atoms with Crippen LogP contribution in [0.15, 0.2) is 18.2 Å². The highest BCUT2D eigenvalue weighted by molar-refractivity contribution is 5.85. The summed E-state index contributed by atoms with van der Waals surface area (Å²) in [4.78, 5) is 0. The third-order valence-electron chi connectivity index (χ3n) is 2.09. The number of nitrogens with two attached hydrogens (primary N) is 2. The predicted molar refractivity (Wildman–Crippen MR) is 58.8 cm³/mol. The minimum absolute atomic E-state index is 0. The van der Waals surface area contributed by atoms with Gasteiger partial charge in [0, 0.05) is 11.6 Å². The summed E-state index contributed by atoms with van der Waals surface area (Å²) in [5, 5.41) is 0. The molecule has 0 saturated heterocycles. The lowest BCUT2D eigenvalue weighted by Gasteiger charge is -2.12. The fourth-order valence-electron chi connectivity index (χ4n) is 1.35. The van der Waals surface area contributed by atoms with Crippen molar-refractivity contribution in [3.63, 3.8) is 0 Å². The molecule has 86 valence electrons. The molecule has 1 atom stereocenters. The molecule has 15 heavy (non-hydrogen) atoms. The second-order valence-corrected chi connectivity index (χ2v) is 3.17. The van der Waals surface area contributed by atoms with Crippen molar-refractivity contribution in [2.45, 2.75) is 18.9 Å². The van der Waals surface area contributed by atoms with Gasteiger partial charge in [0.05, 0.1) is 0 Å². The third-order valence-corrected chi connectivity index (χ3v) is 2.09. The number of benzene rings is 1. The van der Waals surface area contributed by atoms with Crippen molar-refractivity contribution in [2.24, 2.45) is 11.5 Å². The van der Waals surface area contributed by atoms with Gasteiger partial charge in [-0.1, -0.05) is 6.07 Å². The van der Waals surface area contributed by atoms with Crippen molar-refractivity contribution >= 4 is 12.4 Å². The first-order chi connectivity index (χ1) is 6.66. The lowest BCUT2D eigenvalue weighted by atomic mass is 10.0. The molecular formula is C10H15ClF2N2. The van der Waals surface area contributed by atoms with Crippen LogP contribution in [0.5, 0.6) is 0 Å². The van der Waals surface area contributed by atoms with Gasteiger partial charge in [-0.25, -0.2) is 8.78 Å². The highest BCUT2D eigenvalue weighted by Gasteiger charge is 2.15. The molecule has 0 heterocycles. The van der Waals surface area contributed by atoms with E-state index in [0.29, 0.717) is 19.4 Å². The van der Waals surface area contributed by atoms with E-state index in [9.17, 15) is 8.78 Å². The van der Waals surface area contributed by atoms with Crippen LogP contribution >= 0.6 is 12.4 Å². The third kappa shape index (κ3) is 3.74. The van der Waals surface area contributed by atoms with E-state index in [1.807, 2.05) is 0 Å². The van der Waals surface area contributed by atoms with Gasteiger partial charge in [-0.15, -0.1) is 12.4 Å². The summed E-state index contributed by atoms with van der Waals surface area (Å²) in [6, 6.07) is 3.13. The monoisotopic (exact) mass is 236 g/mol. The van der Waals surface area contributed by atoms with Gasteiger partial charge in [-0.05, 0) is 31.5 Å². The average molecular weight is 237 g/mol. The van der Waals surface area contributed by atoms with E-state index in [2.05, 4.69) is 0 Å². The first kappa shape index (κ1) is 14.3. The van der Waals surface area contributed by atoms with Crippen LogP contribution in [-0.2, 0) is 0 Å². The van der Waals surface area contributed by atoms with Crippen LogP contribution in [-0.4, -0.2) is 6.54 Å². The molecule has 0 unspecified atom stereocenters. The molecule has 0 aromatic heterocycles. The quantitative estimate of drug-likeness (QED) is 0.842. The number of hydrogen-bond acceptors (Lipinski definition) is 2. The van der Waals surface area contributed by atoms with E-state index in [-0.39, 0.29) is 18.0 Å². The summed E-state index contributed by atoms with van der Waals surface area (Å²) in [5.74, 6) is -1.18. The van der Waals surface area contributed by atoms with E-state index < -0.39 is 17.7 Å². The molecule has 2 nitrogen and oxygen atoms in total. The number of hydrogen-bond donors (Lipinski definition) is 2. The van der Waals surface area contributed by atoms with Gasteiger partial charge in [0.25, 0.3) is 0 Å². The van der Waals surface area contributed by atoms with E-state index >= 15 is 0 Å². The van der Waals surface area contributed by atoms with Gasteiger partial charge in [0.2, 0.25) is 0 Å². The van der Waals surface area contributed by atoms with Crippen LogP contribution in [0.1, 0.15) is 24.4 Å². The van der Waals surface area contributed by atoms with Gasteiger partial charge in [-0.3, -0.25) is 0 Å². The zero-order valence-corrected chi connectivity index (χ0v) is 9.07. The fourth-order valence-corrected chi connectivity index (χ4v) is 1.35. The van der Waals surface area contributed by atoms with E-state index in [0.717, 1.165) is 0 Å². The van der Waals surface area contributed by atoms with Gasteiger partial charge in [0.1, 0.15) is 11.6 Å². The molecule has 0 saturated carbocycles. The Morgan fingerprint density at radius 3 is 2.20 bits per heavy atom. The van der Waals surface area contributed by atoms with Crippen molar-refractivity contribution in [3.8, 4) is 0 Å². The minimum atomic E-state index is -0.611. The van der Waals surface area contributed by atoms with E-state index in [1.165, 1.54) is 18.2 Å². The van der Waals surface area contributed by atoms with Crippen molar-refractivity contribution in [1.82, 2.24) is 0 Å². The molecule has 0 aliphatic carbocycles. The highest BCUT2D eigenvalue weighted by atomic mass is 35.5. The standard InChI is InChI=1S/C10H14F2N2.ClH/c11-7-3-1-4-8(12)10(7)9(14)5-2-6-13;/h1,3-4,9H,2,5-6,13-14H2;1H/t9-;/m0./s1. The smallest absolute Gasteiger partial charge is 0.130 e. The maximum atomic E-state index is 13.2. The molecule has 0 aliphatic heterocycles. The normalized spacial score (nSPS) is 12.0. The Balaban J connectivity index is 0.00000196. The molecule has 0 radical (unpaired) electrons. The van der Waals surface area contributed by atoms with E-state index in [4.69, 9.17) is 11.5 Å². The molecule has 0 amide bonds. The Hall–Kier alpha value is -0.710. The van der Waals surface area contributed by atoms with Crippen LogP contribution in [0.25, 0.3) is 0 Å². The summed E-state index contributed by atoms with van der Waals surface area (Å²) in [7, 11) is 0. The molecule has 0 spiro atoms. The van der Waals surface area contributed by atoms with Crippen molar-refractivity contribution < 1.29 is 8.78 Å². The van der Waals surface area contributed by atoms with Gasteiger partial charge < -0.3 is 11.5 Å². The van der Waals surface area contributed by atoms with Crippen molar-refractivity contribution in [1.29, 1.82) is 0 Å². The zero-order valence-electron chi connectivity index (χ0n) is 8.25. The lowest BCUT2D eigenvalue weighted by Crippen LogP contribution is -2.15. The maximum Gasteiger partial charge on any atom is 0.130 e. The topological polar surface area (TPSA) is 52.0 Å². The molecule has 1 aromatic rings. The van der Waals surface area contributed by atoms with Crippen LogP contribution in [0.3, 0.4) is 0 Å². The predicted octanol–water partition coefficient (Wildman–Crippen LogP) is 2.13. The van der Waals surface area contributed by atoms with Crippen molar-refractivity contribution in [2.75, 3.05) is 6.54 Å². The van der Waals surface area contributed by atoms with Crippen LogP contribution in [0.2, 0.25) is 0 Å². The fraction of sp³-hybridized carbons (Fsp3) is 0.400. The SMILES string of the molecule is Cl.NCCC[C@H](N)c1c(F)cccc1F. The summed E-state index contributed by atoms with van der Waals surface area (Å²) < 4.78 is 26.4. The molecule has 0 fully saturated rings. The van der Waals surface area contributed by atoms with Crippen LogP contribution in [0, 0.1) is 11.6 Å². The Kier molecular flexibility index (Phi) is 6.40. The minimum Gasteiger partial charge on any atom is -0.330 e. The first-order valence-corrected chi connectivity index (χ1v) is 4.56. The lowest BCUT2D eigenvalue weighted by molar-refractivity contribution is 0.506. The second kappa shape index (κ2) is 6.71. The summed E-state index contributed by atoms with van der Waals surface area (Å²) >= 11 is 0. The van der Waals surface area contributed by atoms with Crippen LogP contribution in [0.4, 0.5) is 8.78 Å². The average Bonchev–Trinajstić information content (AvgIpc) is 2.14. The molecule has 5 heteroatoms. The first-order valence-electron chi connectivity index (χ1n) is 4.56. The molecule has 0 bridgehead atoms. The Bertz CT molecular complexity index is 287. The Morgan fingerprint density at radius 2 is 1.73 bits per heavy atom. The molecule has 4 N–H and O–H groups in total. The second-order valence-electron chi connectivity index (χ2n) is 3.17. The Labute approximate surface area is 94.1 Å². The molecular weight excluding hydrogens is 222 g/mol. The molecule has 1 aromatic carbocycles. The molecule has 1 rings (SSSR count). The zero-order chi connectivity index (χ0) is 10.6. The van der Waals surface area contributed by atoms with Gasteiger partial charge >= 0.3 is 0 Å². The number of halogens is 3. The van der Waals surface area contributed by atoms with Crippen LogP contribution < -0.4 is 11.5 Å². The van der Waals surface area contributed by atoms with Crippen molar-refractivity contribution in [3.05, 3.63) is 35.4 Å². The summed E-state index contributed by atoms with van der Waals surface area (Å²) in [5.41, 5.74) is 10.9. The Morgan fingerprint density at radius 1 is 1.20 bits per heavy atom. The summed E-state index contributed by atoms with van der Waals surface area (Å²) in [6.07, 6.45) is 1.16. The van der Waals surface area contributed by atoms with E-state index in [1.54, 1.807) is 0 Å². The van der Waals surface area contributed by atoms with Gasteiger partial charge in [0.15, 0.2) is 0 Å². The maximum absolute atomic E-state index is 13.2. The van der Waals surface area contributed by atoms with Gasteiger partial charge in [-0.2, -0.15) is 0 Å².